The molecule has 1 rings (SSSR count). The van der Waals surface area contributed by atoms with Crippen molar-refractivity contribution >= 4 is 15.9 Å². The van der Waals surface area contributed by atoms with Crippen LogP contribution >= 0.6 is 15.9 Å². The number of hydrogen-bond acceptors (Lipinski definition) is 2. The van der Waals surface area contributed by atoms with Crippen molar-refractivity contribution in [2.24, 2.45) is 5.73 Å². The Morgan fingerprint density at radius 2 is 2.00 bits per heavy atom. The molecule has 0 aliphatic carbocycles. The Bertz CT molecular complexity index is 260. The van der Waals surface area contributed by atoms with Crippen LogP contribution < -0.4 is 5.73 Å². The van der Waals surface area contributed by atoms with Gasteiger partial charge in [-0.15, -0.1) is 0 Å². The SMILES string of the molecule is CCCOC(CN)c1ccc(Br)cc1. The summed E-state index contributed by atoms with van der Waals surface area (Å²) in [4.78, 5) is 0. The van der Waals surface area contributed by atoms with E-state index in [9.17, 15) is 0 Å². The number of ether oxygens (including phenoxy) is 1. The van der Waals surface area contributed by atoms with Gasteiger partial charge in [0.1, 0.15) is 0 Å². The minimum absolute atomic E-state index is 0.0306. The van der Waals surface area contributed by atoms with Crippen LogP contribution in [0.1, 0.15) is 25.0 Å². The minimum atomic E-state index is 0.0306. The quantitative estimate of drug-likeness (QED) is 0.881. The molecule has 2 N–H and O–H groups in total. The van der Waals surface area contributed by atoms with E-state index < -0.39 is 0 Å². The van der Waals surface area contributed by atoms with Crippen molar-refractivity contribution in [3.8, 4) is 0 Å². The summed E-state index contributed by atoms with van der Waals surface area (Å²) < 4.78 is 6.70. The molecule has 0 saturated carbocycles. The van der Waals surface area contributed by atoms with Crippen LogP contribution in [0.25, 0.3) is 0 Å². The molecule has 0 aliphatic rings. The van der Waals surface area contributed by atoms with Crippen LogP contribution in [0.4, 0.5) is 0 Å². The third-order valence-corrected chi connectivity index (χ3v) is 2.51. The summed E-state index contributed by atoms with van der Waals surface area (Å²) in [5.74, 6) is 0. The zero-order valence-electron chi connectivity index (χ0n) is 8.37. The zero-order chi connectivity index (χ0) is 10.4. The summed E-state index contributed by atoms with van der Waals surface area (Å²) >= 11 is 3.40. The second kappa shape index (κ2) is 6.17. The van der Waals surface area contributed by atoms with Crippen LogP contribution in [0.15, 0.2) is 28.7 Å². The molecule has 1 aromatic carbocycles. The molecule has 0 saturated heterocycles. The lowest BCUT2D eigenvalue weighted by Crippen LogP contribution is -2.16. The van der Waals surface area contributed by atoms with Gasteiger partial charge in [0.25, 0.3) is 0 Å². The van der Waals surface area contributed by atoms with Crippen LogP contribution in [0.2, 0.25) is 0 Å². The molecule has 0 bridgehead atoms. The molecular weight excluding hydrogens is 242 g/mol. The number of benzene rings is 1. The van der Waals surface area contributed by atoms with Gasteiger partial charge < -0.3 is 10.5 Å². The fraction of sp³-hybridized carbons (Fsp3) is 0.455. The van der Waals surface area contributed by atoms with Gasteiger partial charge in [0.05, 0.1) is 6.10 Å². The molecule has 0 fully saturated rings. The average Bonchev–Trinajstić information content (AvgIpc) is 2.21. The Kier molecular flexibility index (Phi) is 5.15. The molecule has 14 heavy (non-hydrogen) atoms. The fourth-order valence-corrected chi connectivity index (χ4v) is 1.50. The van der Waals surface area contributed by atoms with Crippen molar-refractivity contribution in [2.45, 2.75) is 19.4 Å². The number of rotatable bonds is 5. The highest BCUT2D eigenvalue weighted by atomic mass is 79.9. The molecule has 1 atom stereocenters. The highest BCUT2D eigenvalue weighted by Gasteiger charge is 2.08. The molecule has 0 radical (unpaired) electrons. The normalized spacial score (nSPS) is 12.8. The summed E-state index contributed by atoms with van der Waals surface area (Å²) in [5, 5.41) is 0. The molecule has 78 valence electrons. The Balaban J connectivity index is 2.64. The van der Waals surface area contributed by atoms with Gasteiger partial charge in [0.2, 0.25) is 0 Å². The largest absolute Gasteiger partial charge is 0.372 e. The molecule has 0 spiro atoms. The van der Waals surface area contributed by atoms with E-state index in [0.717, 1.165) is 23.1 Å². The Labute approximate surface area is 93.6 Å². The third-order valence-electron chi connectivity index (χ3n) is 1.98. The van der Waals surface area contributed by atoms with E-state index in [4.69, 9.17) is 10.5 Å². The van der Waals surface area contributed by atoms with Crippen LogP contribution in [0, 0.1) is 0 Å². The van der Waals surface area contributed by atoms with Gasteiger partial charge >= 0.3 is 0 Å². The van der Waals surface area contributed by atoms with Crippen molar-refractivity contribution in [1.29, 1.82) is 0 Å². The molecule has 0 aliphatic heterocycles. The van der Waals surface area contributed by atoms with E-state index >= 15 is 0 Å². The first-order valence-electron chi connectivity index (χ1n) is 4.85. The molecule has 1 unspecified atom stereocenters. The van der Waals surface area contributed by atoms with Crippen molar-refractivity contribution < 1.29 is 4.74 Å². The second-order valence-corrected chi connectivity index (χ2v) is 4.06. The van der Waals surface area contributed by atoms with Gasteiger partial charge in [-0.05, 0) is 24.1 Å². The van der Waals surface area contributed by atoms with E-state index in [2.05, 4.69) is 22.9 Å². The number of nitrogens with two attached hydrogens (primary N) is 1. The predicted octanol–water partition coefficient (Wildman–Crippen LogP) is 2.88. The maximum Gasteiger partial charge on any atom is 0.0947 e. The monoisotopic (exact) mass is 257 g/mol. The van der Waals surface area contributed by atoms with Gasteiger partial charge in [0.15, 0.2) is 0 Å². The lowest BCUT2D eigenvalue weighted by Gasteiger charge is -2.15. The number of halogens is 1. The minimum Gasteiger partial charge on any atom is -0.372 e. The maximum atomic E-state index is 5.65. The van der Waals surface area contributed by atoms with Crippen LogP contribution in [0.5, 0.6) is 0 Å². The molecule has 3 heteroatoms. The van der Waals surface area contributed by atoms with Gasteiger partial charge in [-0.2, -0.15) is 0 Å². The summed E-state index contributed by atoms with van der Waals surface area (Å²) in [7, 11) is 0. The summed E-state index contributed by atoms with van der Waals surface area (Å²) in [6.07, 6.45) is 1.05. The average molecular weight is 258 g/mol. The standard InChI is InChI=1S/C11H16BrNO/c1-2-7-14-11(8-13)9-3-5-10(12)6-4-9/h3-6,11H,2,7-8,13H2,1H3. The summed E-state index contributed by atoms with van der Waals surface area (Å²) in [6, 6.07) is 8.09. The Morgan fingerprint density at radius 3 is 2.50 bits per heavy atom. The van der Waals surface area contributed by atoms with Gasteiger partial charge in [0, 0.05) is 17.6 Å². The molecule has 0 amide bonds. The molecule has 1 aromatic rings. The molecule has 0 aromatic heterocycles. The summed E-state index contributed by atoms with van der Waals surface area (Å²) in [5.41, 5.74) is 6.79. The number of hydrogen-bond donors (Lipinski definition) is 1. The first kappa shape index (κ1) is 11.7. The van der Waals surface area contributed by atoms with E-state index in [1.807, 2.05) is 24.3 Å². The van der Waals surface area contributed by atoms with Gasteiger partial charge in [-0.1, -0.05) is 35.0 Å². The van der Waals surface area contributed by atoms with E-state index in [-0.39, 0.29) is 6.10 Å². The van der Waals surface area contributed by atoms with Crippen molar-refractivity contribution in [1.82, 2.24) is 0 Å². The van der Waals surface area contributed by atoms with Crippen molar-refractivity contribution in [3.63, 3.8) is 0 Å². The Hall–Kier alpha value is -0.380. The molecule has 0 heterocycles. The maximum absolute atomic E-state index is 5.65. The lowest BCUT2D eigenvalue weighted by atomic mass is 10.1. The molecule has 2 nitrogen and oxygen atoms in total. The third kappa shape index (κ3) is 3.40. The van der Waals surface area contributed by atoms with Gasteiger partial charge in [-0.3, -0.25) is 0 Å². The fourth-order valence-electron chi connectivity index (χ4n) is 1.24. The highest BCUT2D eigenvalue weighted by molar-refractivity contribution is 9.10. The van der Waals surface area contributed by atoms with Crippen LogP contribution in [-0.2, 0) is 4.74 Å². The second-order valence-electron chi connectivity index (χ2n) is 3.15. The van der Waals surface area contributed by atoms with Crippen LogP contribution in [0.3, 0.4) is 0 Å². The van der Waals surface area contributed by atoms with E-state index in [1.54, 1.807) is 0 Å². The predicted molar refractivity (Wildman–Crippen MR) is 62.2 cm³/mol. The first-order valence-corrected chi connectivity index (χ1v) is 5.64. The van der Waals surface area contributed by atoms with Crippen LogP contribution in [-0.4, -0.2) is 13.2 Å². The smallest absolute Gasteiger partial charge is 0.0947 e. The molecular formula is C11H16BrNO. The van der Waals surface area contributed by atoms with Crippen molar-refractivity contribution in [3.05, 3.63) is 34.3 Å². The Morgan fingerprint density at radius 1 is 1.36 bits per heavy atom. The van der Waals surface area contributed by atoms with Gasteiger partial charge in [-0.25, -0.2) is 0 Å². The first-order chi connectivity index (χ1) is 6.77. The topological polar surface area (TPSA) is 35.2 Å². The summed E-state index contributed by atoms with van der Waals surface area (Å²) in [6.45, 7) is 3.38. The van der Waals surface area contributed by atoms with E-state index in [1.165, 1.54) is 0 Å². The highest BCUT2D eigenvalue weighted by Crippen LogP contribution is 2.19. The van der Waals surface area contributed by atoms with Crippen molar-refractivity contribution in [2.75, 3.05) is 13.2 Å². The van der Waals surface area contributed by atoms with E-state index in [0.29, 0.717) is 6.54 Å². The zero-order valence-corrected chi connectivity index (χ0v) is 9.96. The lowest BCUT2D eigenvalue weighted by molar-refractivity contribution is 0.0591.